The second-order valence-corrected chi connectivity index (χ2v) is 9.65. The molecule has 0 radical (unpaired) electrons. The molecule has 2 aliphatic rings. The molecule has 0 unspecified atom stereocenters. The van der Waals surface area contributed by atoms with Gasteiger partial charge in [-0.3, -0.25) is 4.79 Å². The van der Waals surface area contributed by atoms with Crippen LogP contribution in [-0.4, -0.2) is 48.0 Å². The number of urea groups is 1. The smallest absolute Gasteiger partial charge is 0.317 e. The second kappa shape index (κ2) is 12.0. The Balaban J connectivity index is 1.17. The number of piperidine rings is 1. The Morgan fingerprint density at radius 3 is 2.29 bits per heavy atom. The number of pyridine rings is 1. The van der Waals surface area contributed by atoms with Crippen LogP contribution in [0.15, 0.2) is 36.5 Å². The van der Waals surface area contributed by atoms with E-state index < -0.39 is 0 Å². The number of hydrogen-bond acceptors (Lipinski definition) is 4. The number of carbonyl (C=O) groups excluding carboxylic acids is 2. The number of aromatic nitrogens is 1. The number of amides is 3. The van der Waals surface area contributed by atoms with Crippen LogP contribution in [0.4, 0.5) is 15.0 Å². The first-order chi connectivity index (χ1) is 17.0. The molecule has 2 aliphatic heterocycles. The Morgan fingerprint density at radius 2 is 1.63 bits per heavy atom. The summed E-state index contributed by atoms with van der Waals surface area (Å²) in [5, 5.41) is 5.88. The zero-order valence-electron chi connectivity index (χ0n) is 20.6. The van der Waals surface area contributed by atoms with Gasteiger partial charge in [0.15, 0.2) is 0 Å². The maximum atomic E-state index is 13.7. The number of carbonyl (C=O) groups is 2. The van der Waals surface area contributed by atoms with Crippen molar-refractivity contribution >= 4 is 17.8 Å². The molecule has 3 amide bonds. The van der Waals surface area contributed by atoms with Gasteiger partial charge in [-0.15, -0.1) is 0 Å². The maximum Gasteiger partial charge on any atom is 0.317 e. The van der Waals surface area contributed by atoms with Crippen molar-refractivity contribution in [1.29, 1.82) is 0 Å². The van der Waals surface area contributed by atoms with Crippen molar-refractivity contribution in [1.82, 2.24) is 20.5 Å². The van der Waals surface area contributed by atoms with Gasteiger partial charge in [0.25, 0.3) is 0 Å². The van der Waals surface area contributed by atoms with Crippen molar-refractivity contribution in [3.63, 3.8) is 0 Å². The summed E-state index contributed by atoms with van der Waals surface area (Å²) in [5.41, 5.74) is 2.30. The molecule has 0 bridgehead atoms. The summed E-state index contributed by atoms with van der Waals surface area (Å²) in [6.45, 7) is 5.64. The summed E-state index contributed by atoms with van der Waals surface area (Å²) in [4.78, 5) is 33.9. The van der Waals surface area contributed by atoms with Gasteiger partial charge in [0.05, 0.1) is 0 Å². The Morgan fingerprint density at radius 1 is 0.943 bits per heavy atom. The van der Waals surface area contributed by atoms with E-state index in [1.54, 1.807) is 17.9 Å². The highest BCUT2D eigenvalue weighted by atomic mass is 19.1. The summed E-state index contributed by atoms with van der Waals surface area (Å²) in [6, 6.07) is 8.96. The third kappa shape index (κ3) is 6.93. The van der Waals surface area contributed by atoms with Crippen LogP contribution in [-0.2, 0) is 17.9 Å². The third-order valence-electron chi connectivity index (χ3n) is 7.04. The van der Waals surface area contributed by atoms with Crippen LogP contribution in [0.2, 0.25) is 0 Å². The lowest BCUT2D eigenvalue weighted by atomic mass is 9.96. The van der Waals surface area contributed by atoms with E-state index in [0.29, 0.717) is 44.6 Å². The number of nitrogens with zero attached hydrogens (tertiary/aromatic N) is 3. The number of benzene rings is 1. The average Bonchev–Trinajstić information content (AvgIpc) is 3.18. The van der Waals surface area contributed by atoms with Gasteiger partial charge < -0.3 is 20.4 Å². The first-order valence-corrected chi connectivity index (χ1v) is 12.7. The van der Waals surface area contributed by atoms with Crippen molar-refractivity contribution in [2.24, 2.45) is 5.92 Å². The lowest BCUT2D eigenvalue weighted by Crippen LogP contribution is -2.46. The van der Waals surface area contributed by atoms with Crippen molar-refractivity contribution in [2.45, 2.75) is 58.5 Å². The van der Waals surface area contributed by atoms with Crippen molar-refractivity contribution in [3.8, 4) is 0 Å². The fraction of sp³-hybridized carbons (Fsp3) is 0.519. The maximum absolute atomic E-state index is 13.7. The fourth-order valence-corrected chi connectivity index (χ4v) is 4.72. The Kier molecular flexibility index (Phi) is 8.55. The number of rotatable bonds is 6. The molecular formula is C27H36FN5O2. The number of nitrogens with one attached hydrogen (secondary N) is 2. The lowest BCUT2D eigenvalue weighted by molar-refractivity contribution is -0.126. The highest BCUT2D eigenvalue weighted by molar-refractivity contribution is 5.79. The Labute approximate surface area is 207 Å². The molecule has 2 aromatic rings. The number of halogens is 1. The molecule has 188 valence electrons. The van der Waals surface area contributed by atoms with Crippen LogP contribution in [0.5, 0.6) is 0 Å². The van der Waals surface area contributed by atoms with Gasteiger partial charge >= 0.3 is 6.03 Å². The molecule has 2 N–H and O–H groups in total. The minimum absolute atomic E-state index is 0.0402. The summed E-state index contributed by atoms with van der Waals surface area (Å²) >= 11 is 0. The fourth-order valence-electron chi connectivity index (χ4n) is 4.72. The number of hydrogen-bond donors (Lipinski definition) is 2. The molecule has 0 saturated carbocycles. The third-order valence-corrected chi connectivity index (χ3v) is 7.04. The van der Waals surface area contributed by atoms with Gasteiger partial charge in [0.2, 0.25) is 5.91 Å². The molecule has 2 fully saturated rings. The van der Waals surface area contributed by atoms with Crippen LogP contribution in [0.1, 0.15) is 55.2 Å². The van der Waals surface area contributed by atoms with Gasteiger partial charge in [-0.1, -0.05) is 31.0 Å². The summed E-state index contributed by atoms with van der Waals surface area (Å²) in [5.74, 6) is 0.571. The first-order valence-electron chi connectivity index (χ1n) is 12.7. The van der Waals surface area contributed by atoms with E-state index in [2.05, 4.69) is 20.5 Å². The number of aryl methyl sites for hydroxylation is 1. The van der Waals surface area contributed by atoms with E-state index in [9.17, 15) is 14.0 Å². The van der Waals surface area contributed by atoms with E-state index >= 15 is 0 Å². The van der Waals surface area contributed by atoms with E-state index in [1.165, 1.54) is 31.7 Å². The normalized spacial score (nSPS) is 17.1. The predicted molar refractivity (Wildman–Crippen MR) is 134 cm³/mol. The van der Waals surface area contributed by atoms with Crippen LogP contribution in [0, 0.1) is 18.7 Å². The molecular weight excluding hydrogens is 445 g/mol. The molecule has 1 aromatic heterocycles. The summed E-state index contributed by atoms with van der Waals surface area (Å²) in [6.07, 6.45) is 8.09. The second-order valence-electron chi connectivity index (χ2n) is 9.65. The van der Waals surface area contributed by atoms with Gasteiger partial charge in [-0.25, -0.2) is 14.2 Å². The molecule has 0 atom stereocenters. The van der Waals surface area contributed by atoms with Crippen LogP contribution >= 0.6 is 0 Å². The zero-order chi connectivity index (χ0) is 24.6. The monoisotopic (exact) mass is 481 g/mol. The van der Waals surface area contributed by atoms with Gasteiger partial charge in [0, 0.05) is 51.4 Å². The minimum atomic E-state index is -0.264. The molecule has 4 rings (SSSR count). The van der Waals surface area contributed by atoms with Gasteiger partial charge in [0.1, 0.15) is 11.6 Å². The van der Waals surface area contributed by atoms with Gasteiger partial charge in [-0.2, -0.15) is 0 Å². The van der Waals surface area contributed by atoms with Gasteiger partial charge in [-0.05, 0) is 61.4 Å². The molecule has 8 heteroatoms. The highest BCUT2D eigenvalue weighted by Crippen LogP contribution is 2.19. The molecule has 1 aromatic carbocycles. The van der Waals surface area contributed by atoms with E-state index in [4.69, 9.17) is 0 Å². The van der Waals surface area contributed by atoms with Crippen molar-refractivity contribution < 1.29 is 14.0 Å². The van der Waals surface area contributed by atoms with Crippen molar-refractivity contribution in [2.75, 3.05) is 31.1 Å². The first kappa shape index (κ1) is 24.9. The molecule has 35 heavy (non-hydrogen) atoms. The summed E-state index contributed by atoms with van der Waals surface area (Å²) < 4.78 is 13.7. The minimum Gasteiger partial charge on any atom is -0.357 e. The van der Waals surface area contributed by atoms with Crippen LogP contribution in [0.25, 0.3) is 0 Å². The largest absolute Gasteiger partial charge is 0.357 e. The van der Waals surface area contributed by atoms with Crippen molar-refractivity contribution in [3.05, 3.63) is 59.0 Å². The van der Waals surface area contributed by atoms with E-state index in [0.717, 1.165) is 30.0 Å². The quantitative estimate of drug-likeness (QED) is 0.650. The van der Waals surface area contributed by atoms with E-state index in [1.807, 2.05) is 24.4 Å². The predicted octanol–water partition coefficient (Wildman–Crippen LogP) is 4.15. The lowest BCUT2D eigenvalue weighted by Gasteiger charge is -2.31. The summed E-state index contributed by atoms with van der Waals surface area (Å²) in [7, 11) is 0. The molecule has 2 saturated heterocycles. The number of anilines is 1. The zero-order valence-corrected chi connectivity index (χ0v) is 20.6. The topological polar surface area (TPSA) is 77.6 Å². The SMILES string of the molecule is Cc1ccc(CNC(=O)C2CCN(C(=O)NCc3ccc(N4CCCCCC4)nc3)CC2)cc1F. The molecule has 7 nitrogen and oxygen atoms in total. The molecule has 0 spiro atoms. The Bertz CT molecular complexity index is 997. The van der Waals surface area contributed by atoms with Crippen LogP contribution in [0.3, 0.4) is 0 Å². The Hall–Kier alpha value is -3.16. The molecule has 3 heterocycles. The number of likely N-dealkylation sites (tertiary alicyclic amines) is 1. The molecule has 0 aliphatic carbocycles. The van der Waals surface area contributed by atoms with Crippen LogP contribution < -0.4 is 15.5 Å². The standard InChI is InChI=1S/C27H36FN5O2/c1-20-6-7-21(16-24(20)28)17-30-26(34)23-10-14-33(15-11-23)27(35)31-19-22-8-9-25(29-18-22)32-12-4-2-3-5-13-32/h6-9,16,18,23H,2-5,10-15,17,19H2,1H3,(H,30,34)(H,31,35). The average molecular weight is 482 g/mol. The highest BCUT2D eigenvalue weighted by Gasteiger charge is 2.27. The van der Waals surface area contributed by atoms with E-state index in [-0.39, 0.29) is 23.7 Å².